The number of hydrogen-bond donors (Lipinski definition) is 0. The fourth-order valence-electron chi connectivity index (χ4n) is 1.33. The van der Waals surface area contributed by atoms with Gasteiger partial charge in [0.05, 0.1) is 6.61 Å². The Kier molecular flexibility index (Phi) is 5.29. The monoisotopic (exact) mass is 211 g/mol. The zero-order valence-electron chi connectivity index (χ0n) is 9.37. The van der Waals surface area contributed by atoms with Gasteiger partial charge in [-0.25, -0.2) is 4.39 Å². The molecule has 0 aliphatic heterocycles. The first-order valence-electron chi connectivity index (χ1n) is 5.14. The second-order valence-electron chi connectivity index (χ2n) is 3.67. The van der Waals surface area contributed by atoms with E-state index in [1.54, 1.807) is 7.11 Å². The van der Waals surface area contributed by atoms with Crippen molar-refractivity contribution >= 4 is 0 Å². The van der Waals surface area contributed by atoms with Gasteiger partial charge in [0.15, 0.2) is 0 Å². The number of hydrogen-bond acceptors (Lipinski definition) is 2. The third-order valence-electron chi connectivity index (χ3n) is 2.37. The van der Waals surface area contributed by atoms with Crippen LogP contribution < -0.4 is 0 Å². The van der Waals surface area contributed by atoms with Gasteiger partial charge >= 0.3 is 0 Å². The van der Waals surface area contributed by atoms with Crippen LogP contribution in [0.4, 0.5) is 4.39 Å². The Hall–Kier alpha value is -0.930. The number of ether oxygens (including phenoxy) is 1. The quantitative estimate of drug-likeness (QED) is 0.713. The van der Waals surface area contributed by atoms with Crippen molar-refractivity contribution in [2.24, 2.45) is 0 Å². The SMILES string of the molecule is COCCN(C)CCc1ccc(F)cc1. The lowest BCUT2D eigenvalue weighted by atomic mass is 10.1. The van der Waals surface area contributed by atoms with Gasteiger partial charge in [0.25, 0.3) is 0 Å². The third kappa shape index (κ3) is 4.91. The van der Waals surface area contributed by atoms with E-state index in [1.165, 1.54) is 17.7 Å². The summed E-state index contributed by atoms with van der Waals surface area (Å²) in [7, 11) is 3.76. The molecule has 1 aromatic rings. The molecule has 0 atom stereocenters. The molecule has 0 unspecified atom stereocenters. The number of methoxy groups -OCH3 is 1. The zero-order chi connectivity index (χ0) is 11.1. The molecule has 0 radical (unpaired) electrons. The summed E-state index contributed by atoms with van der Waals surface area (Å²) in [4.78, 5) is 2.20. The van der Waals surface area contributed by atoms with Gasteiger partial charge in [-0.3, -0.25) is 0 Å². The summed E-state index contributed by atoms with van der Waals surface area (Å²) in [6.07, 6.45) is 0.945. The van der Waals surface area contributed by atoms with Crippen LogP contribution in [-0.2, 0) is 11.2 Å². The van der Waals surface area contributed by atoms with E-state index in [9.17, 15) is 4.39 Å². The molecular weight excluding hydrogens is 193 g/mol. The summed E-state index contributed by atoms with van der Waals surface area (Å²) < 4.78 is 17.6. The Morgan fingerprint density at radius 2 is 1.87 bits per heavy atom. The topological polar surface area (TPSA) is 12.5 Å². The van der Waals surface area contributed by atoms with E-state index in [4.69, 9.17) is 4.74 Å². The minimum atomic E-state index is -0.175. The highest BCUT2D eigenvalue weighted by Gasteiger charge is 1.99. The molecule has 1 rings (SSSR count). The molecule has 0 heterocycles. The van der Waals surface area contributed by atoms with Gasteiger partial charge in [-0.15, -0.1) is 0 Å². The highest BCUT2D eigenvalue weighted by atomic mass is 19.1. The van der Waals surface area contributed by atoms with E-state index in [0.717, 1.165) is 26.1 Å². The summed E-state index contributed by atoms with van der Waals surface area (Å²) in [6.45, 7) is 2.65. The van der Waals surface area contributed by atoms with Gasteiger partial charge < -0.3 is 9.64 Å². The Morgan fingerprint density at radius 3 is 2.47 bits per heavy atom. The van der Waals surface area contributed by atoms with E-state index < -0.39 is 0 Å². The summed E-state index contributed by atoms with van der Waals surface area (Å²) in [5.74, 6) is -0.175. The molecule has 84 valence electrons. The summed E-state index contributed by atoms with van der Waals surface area (Å²) in [5.41, 5.74) is 1.17. The van der Waals surface area contributed by atoms with Crippen LogP contribution in [0.25, 0.3) is 0 Å². The lowest BCUT2D eigenvalue weighted by Gasteiger charge is -2.15. The molecule has 0 saturated carbocycles. The first-order valence-corrected chi connectivity index (χ1v) is 5.14. The van der Waals surface area contributed by atoms with Crippen LogP contribution in [0.2, 0.25) is 0 Å². The molecule has 0 aromatic heterocycles. The van der Waals surface area contributed by atoms with E-state index in [1.807, 2.05) is 12.1 Å². The molecule has 0 fully saturated rings. The molecule has 0 aliphatic carbocycles. The summed E-state index contributed by atoms with van der Waals surface area (Å²) in [6, 6.07) is 6.67. The Labute approximate surface area is 90.7 Å². The molecule has 2 nitrogen and oxygen atoms in total. The number of benzene rings is 1. The molecular formula is C12H18FNO. The maximum atomic E-state index is 12.6. The predicted molar refractivity (Wildman–Crippen MR) is 59.5 cm³/mol. The van der Waals surface area contributed by atoms with Crippen LogP contribution in [0.15, 0.2) is 24.3 Å². The molecule has 0 bridgehead atoms. The Balaban J connectivity index is 2.27. The van der Waals surface area contributed by atoms with Crippen LogP contribution >= 0.6 is 0 Å². The normalized spacial score (nSPS) is 10.9. The lowest BCUT2D eigenvalue weighted by Crippen LogP contribution is -2.25. The number of likely N-dealkylation sites (N-methyl/N-ethyl adjacent to an activating group) is 1. The molecule has 15 heavy (non-hydrogen) atoms. The van der Waals surface area contributed by atoms with Crippen molar-refractivity contribution in [3.8, 4) is 0 Å². The van der Waals surface area contributed by atoms with Crippen LogP contribution in [0, 0.1) is 5.82 Å². The van der Waals surface area contributed by atoms with Crippen LogP contribution in [0.3, 0.4) is 0 Å². The molecule has 0 N–H and O–H groups in total. The molecule has 0 aliphatic rings. The number of nitrogens with zero attached hydrogens (tertiary/aromatic N) is 1. The van der Waals surface area contributed by atoms with Crippen molar-refractivity contribution in [1.82, 2.24) is 4.90 Å². The second-order valence-corrected chi connectivity index (χ2v) is 3.67. The fraction of sp³-hybridized carbons (Fsp3) is 0.500. The Morgan fingerprint density at radius 1 is 1.20 bits per heavy atom. The minimum absolute atomic E-state index is 0.175. The predicted octanol–water partition coefficient (Wildman–Crippen LogP) is 1.95. The van der Waals surface area contributed by atoms with E-state index in [0.29, 0.717) is 0 Å². The van der Waals surface area contributed by atoms with Crippen molar-refractivity contribution in [2.75, 3.05) is 33.9 Å². The number of rotatable bonds is 6. The highest BCUT2D eigenvalue weighted by Crippen LogP contribution is 2.03. The molecule has 0 saturated heterocycles. The molecule has 0 amide bonds. The van der Waals surface area contributed by atoms with E-state index >= 15 is 0 Å². The number of halogens is 1. The smallest absolute Gasteiger partial charge is 0.123 e. The average molecular weight is 211 g/mol. The van der Waals surface area contributed by atoms with Gasteiger partial charge in [0, 0.05) is 20.2 Å². The van der Waals surface area contributed by atoms with Crippen LogP contribution in [-0.4, -0.2) is 38.8 Å². The maximum Gasteiger partial charge on any atom is 0.123 e. The maximum absolute atomic E-state index is 12.6. The minimum Gasteiger partial charge on any atom is -0.383 e. The van der Waals surface area contributed by atoms with Crippen molar-refractivity contribution in [1.29, 1.82) is 0 Å². The lowest BCUT2D eigenvalue weighted by molar-refractivity contribution is 0.162. The molecule has 0 spiro atoms. The van der Waals surface area contributed by atoms with E-state index in [-0.39, 0.29) is 5.82 Å². The van der Waals surface area contributed by atoms with Gasteiger partial charge in [0.2, 0.25) is 0 Å². The zero-order valence-corrected chi connectivity index (χ0v) is 9.37. The summed E-state index contributed by atoms with van der Waals surface area (Å²) >= 11 is 0. The third-order valence-corrected chi connectivity index (χ3v) is 2.37. The van der Waals surface area contributed by atoms with Gasteiger partial charge in [-0.05, 0) is 31.2 Å². The standard InChI is InChI=1S/C12H18FNO/c1-14(9-10-15-2)8-7-11-3-5-12(13)6-4-11/h3-6H,7-10H2,1-2H3. The van der Waals surface area contributed by atoms with E-state index in [2.05, 4.69) is 11.9 Å². The first-order chi connectivity index (χ1) is 7.22. The van der Waals surface area contributed by atoms with Gasteiger partial charge in [-0.2, -0.15) is 0 Å². The molecule has 3 heteroatoms. The van der Waals surface area contributed by atoms with Crippen LogP contribution in [0.1, 0.15) is 5.56 Å². The first kappa shape index (κ1) is 12.1. The highest BCUT2D eigenvalue weighted by molar-refractivity contribution is 5.16. The van der Waals surface area contributed by atoms with Gasteiger partial charge in [0.1, 0.15) is 5.82 Å². The van der Waals surface area contributed by atoms with Crippen molar-refractivity contribution in [2.45, 2.75) is 6.42 Å². The van der Waals surface area contributed by atoms with Crippen molar-refractivity contribution in [3.63, 3.8) is 0 Å². The van der Waals surface area contributed by atoms with Crippen LogP contribution in [0.5, 0.6) is 0 Å². The molecule has 1 aromatic carbocycles. The van der Waals surface area contributed by atoms with Crippen molar-refractivity contribution < 1.29 is 9.13 Å². The summed E-state index contributed by atoms with van der Waals surface area (Å²) in [5, 5.41) is 0. The average Bonchev–Trinajstić information content (AvgIpc) is 2.25. The van der Waals surface area contributed by atoms with Gasteiger partial charge in [-0.1, -0.05) is 12.1 Å². The second kappa shape index (κ2) is 6.53. The van der Waals surface area contributed by atoms with Crippen molar-refractivity contribution in [3.05, 3.63) is 35.6 Å². The fourth-order valence-corrected chi connectivity index (χ4v) is 1.33. The Bertz CT molecular complexity index is 273. The largest absolute Gasteiger partial charge is 0.383 e.